The van der Waals surface area contributed by atoms with Crippen LogP contribution in [0.5, 0.6) is 0 Å². The first kappa shape index (κ1) is 8.39. The monoisotopic (exact) mass is 134 g/mol. The van der Waals surface area contributed by atoms with Crippen molar-refractivity contribution in [2.75, 3.05) is 13.7 Å². The van der Waals surface area contributed by atoms with Crippen molar-refractivity contribution >= 4 is 5.97 Å². The summed E-state index contributed by atoms with van der Waals surface area (Å²) in [6.07, 6.45) is 0. The second-order valence-corrected chi connectivity index (χ2v) is 2.01. The van der Waals surface area contributed by atoms with Crippen LogP contribution in [-0.4, -0.2) is 35.5 Å². The molecule has 0 aromatic rings. The Balaban J connectivity index is 3.85. The fraction of sp³-hybridized carbons (Fsp3) is 0.800. The van der Waals surface area contributed by atoms with Crippen LogP contribution in [0.4, 0.5) is 0 Å². The van der Waals surface area contributed by atoms with Crippen molar-refractivity contribution in [3.8, 4) is 0 Å². The first-order chi connectivity index (χ1) is 4.00. The molecule has 0 spiro atoms. The lowest BCUT2D eigenvalue weighted by atomic mass is 10.1. The molecule has 54 valence electrons. The SMILES string of the molecule is COCC(C)(O)C(=O)O. The van der Waals surface area contributed by atoms with Crippen molar-refractivity contribution < 1.29 is 19.7 Å². The van der Waals surface area contributed by atoms with Crippen molar-refractivity contribution in [3.05, 3.63) is 0 Å². The molecule has 4 heteroatoms. The summed E-state index contributed by atoms with van der Waals surface area (Å²) in [6.45, 7) is 0.987. The molecule has 0 aliphatic carbocycles. The van der Waals surface area contributed by atoms with E-state index in [0.717, 1.165) is 0 Å². The van der Waals surface area contributed by atoms with Gasteiger partial charge in [-0.2, -0.15) is 0 Å². The summed E-state index contributed by atoms with van der Waals surface area (Å²) in [5.74, 6) is -1.27. The molecule has 0 aliphatic rings. The fourth-order valence-corrected chi connectivity index (χ4v) is 0.343. The maximum Gasteiger partial charge on any atom is 0.337 e. The van der Waals surface area contributed by atoms with E-state index in [4.69, 9.17) is 10.2 Å². The maximum absolute atomic E-state index is 10.1. The number of ether oxygens (including phenoxy) is 1. The zero-order valence-corrected chi connectivity index (χ0v) is 5.42. The molecule has 4 nitrogen and oxygen atoms in total. The van der Waals surface area contributed by atoms with Crippen LogP contribution < -0.4 is 0 Å². The highest BCUT2D eigenvalue weighted by atomic mass is 16.5. The van der Waals surface area contributed by atoms with Crippen molar-refractivity contribution in [2.45, 2.75) is 12.5 Å². The average Bonchev–Trinajstić information content (AvgIpc) is 1.65. The number of aliphatic carboxylic acids is 1. The molecule has 0 rings (SSSR count). The highest BCUT2D eigenvalue weighted by molar-refractivity contribution is 5.76. The van der Waals surface area contributed by atoms with Gasteiger partial charge in [0.05, 0.1) is 6.61 Å². The summed E-state index contributed by atoms with van der Waals surface area (Å²) in [5, 5.41) is 17.1. The van der Waals surface area contributed by atoms with Crippen LogP contribution in [0.3, 0.4) is 0 Å². The maximum atomic E-state index is 10.1. The van der Waals surface area contributed by atoms with Gasteiger partial charge in [-0.3, -0.25) is 0 Å². The molecule has 0 amide bonds. The van der Waals surface area contributed by atoms with E-state index in [1.54, 1.807) is 0 Å². The summed E-state index contributed by atoms with van der Waals surface area (Å²) >= 11 is 0. The molecule has 0 radical (unpaired) electrons. The van der Waals surface area contributed by atoms with Crippen molar-refractivity contribution in [1.82, 2.24) is 0 Å². The Morgan fingerprint density at radius 3 is 2.33 bits per heavy atom. The van der Waals surface area contributed by atoms with E-state index in [-0.39, 0.29) is 6.61 Å². The Hall–Kier alpha value is -0.610. The number of methoxy groups -OCH3 is 1. The van der Waals surface area contributed by atoms with E-state index in [0.29, 0.717) is 0 Å². The number of carboxylic acids is 1. The lowest BCUT2D eigenvalue weighted by Gasteiger charge is -2.15. The highest BCUT2D eigenvalue weighted by Gasteiger charge is 2.29. The smallest absolute Gasteiger partial charge is 0.337 e. The molecular formula is C5H10O4. The van der Waals surface area contributed by atoms with Gasteiger partial charge in [0.25, 0.3) is 0 Å². The lowest BCUT2D eigenvalue weighted by Crippen LogP contribution is -2.39. The van der Waals surface area contributed by atoms with Gasteiger partial charge in [0, 0.05) is 7.11 Å². The Kier molecular flexibility index (Phi) is 2.61. The minimum absolute atomic E-state index is 0.192. The first-order valence-corrected chi connectivity index (χ1v) is 2.45. The number of hydrogen-bond acceptors (Lipinski definition) is 3. The molecule has 0 aromatic heterocycles. The molecule has 9 heavy (non-hydrogen) atoms. The zero-order chi connectivity index (χ0) is 7.49. The minimum atomic E-state index is -1.76. The lowest BCUT2D eigenvalue weighted by molar-refractivity contribution is -0.161. The molecule has 2 N–H and O–H groups in total. The predicted molar refractivity (Wildman–Crippen MR) is 30.1 cm³/mol. The van der Waals surface area contributed by atoms with Gasteiger partial charge < -0.3 is 14.9 Å². The van der Waals surface area contributed by atoms with Gasteiger partial charge in [-0.1, -0.05) is 0 Å². The second-order valence-electron chi connectivity index (χ2n) is 2.01. The standard InChI is InChI=1S/C5H10O4/c1-5(8,3-9-2)4(6)7/h8H,3H2,1-2H3,(H,6,7). The summed E-state index contributed by atoms with van der Waals surface area (Å²) < 4.78 is 4.44. The number of hydrogen-bond donors (Lipinski definition) is 2. The molecule has 0 aliphatic heterocycles. The second kappa shape index (κ2) is 2.80. The minimum Gasteiger partial charge on any atom is -0.479 e. The first-order valence-electron chi connectivity index (χ1n) is 2.45. The van der Waals surface area contributed by atoms with E-state index in [1.807, 2.05) is 0 Å². The average molecular weight is 134 g/mol. The quantitative estimate of drug-likeness (QED) is 0.544. The third-order valence-electron chi connectivity index (χ3n) is 0.886. The normalized spacial score (nSPS) is 16.8. The summed E-state index contributed by atoms with van der Waals surface area (Å²) in [4.78, 5) is 10.1. The Labute approximate surface area is 53.1 Å². The summed E-state index contributed by atoms with van der Waals surface area (Å²) in [5.41, 5.74) is -1.76. The van der Waals surface area contributed by atoms with E-state index >= 15 is 0 Å². The number of aliphatic hydroxyl groups is 1. The molecule has 0 bridgehead atoms. The van der Waals surface area contributed by atoms with E-state index in [9.17, 15) is 4.79 Å². The number of carbonyl (C=O) groups is 1. The van der Waals surface area contributed by atoms with Crippen LogP contribution in [0.25, 0.3) is 0 Å². The van der Waals surface area contributed by atoms with Crippen LogP contribution in [-0.2, 0) is 9.53 Å². The Morgan fingerprint density at radius 1 is 1.78 bits per heavy atom. The van der Waals surface area contributed by atoms with Crippen LogP contribution in [0.15, 0.2) is 0 Å². The topological polar surface area (TPSA) is 66.8 Å². The fourth-order valence-electron chi connectivity index (χ4n) is 0.343. The van der Waals surface area contributed by atoms with Gasteiger partial charge in [0.1, 0.15) is 0 Å². The van der Waals surface area contributed by atoms with Gasteiger partial charge in [0.2, 0.25) is 0 Å². The highest BCUT2D eigenvalue weighted by Crippen LogP contribution is 2.01. The van der Waals surface area contributed by atoms with E-state index in [1.165, 1.54) is 14.0 Å². The van der Waals surface area contributed by atoms with Crippen molar-refractivity contribution in [2.24, 2.45) is 0 Å². The van der Waals surface area contributed by atoms with E-state index < -0.39 is 11.6 Å². The molecular weight excluding hydrogens is 124 g/mol. The molecule has 0 saturated carbocycles. The van der Waals surface area contributed by atoms with E-state index in [2.05, 4.69) is 4.74 Å². The Morgan fingerprint density at radius 2 is 2.22 bits per heavy atom. The molecule has 1 unspecified atom stereocenters. The Bertz CT molecular complexity index is 108. The number of carboxylic acid groups (broad SMARTS) is 1. The molecule has 0 fully saturated rings. The van der Waals surface area contributed by atoms with Crippen molar-refractivity contribution in [3.63, 3.8) is 0 Å². The molecule has 0 aromatic carbocycles. The van der Waals surface area contributed by atoms with Gasteiger partial charge in [-0.15, -0.1) is 0 Å². The molecule has 0 heterocycles. The largest absolute Gasteiger partial charge is 0.479 e. The zero-order valence-electron chi connectivity index (χ0n) is 5.42. The van der Waals surface area contributed by atoms with Crippen LogP contribution in [0.1, 0.15) is 6.92 Å². The summed E-state index contributed by atoms with van der Waals surface area (Å²) in [6, 6.07) is 0. The van der Waals surface area contributed by atoms with Crippen LogP contribution >= 0.6 is 0 Å². The van der Waals surface area contributed by atoms with Gasteiger partial charge >= 0.3 is 5.97 Å². The third-order valence-corrected chi connectivity index (χ3v) is 0.886. The van der Waals surface area contributed by atoms with Crippen LogP contribution in [0.2, 0.25) is 0 Å². The molecule has 1 atom stereocenters. The van der Waals surface area contributed by atoms with Gasteiger partial charge in [-0.25, -0.2) is 4.79 Å². The molecule has 0 saturated heterocycles. The number of rotatable bonds is 3. The van der Waals surface area contributed by atoms with Crippen LogP contribution in [0, 0.1) is 0 Å². The van der Waals surface area contributed by atoms with Crippen molar-refractivity contribution in [1.29, 1.82) is 0 Å². The third kappa shape index (κ3) is 2.43. The summed E-state index contributed by atoms with van der Waals surface area (Å²) in [7, 11) is 1.33. The predicted octanol–water partition coefficient (Wildman–Crippen LogP) is -0.532. The van der Waals surface area contributed by atoms with Gasteiger partial charge in [0.15, 0.2) is 5.60 Å². The van der Waals surface area contributed by atoms with Gasteiger partial charge in [-0.05, 0) is 6.92 Å².